The van der Waals surface area contributed by atoms with Crippen LogP contribution < -0.4 is 5.73 Å². The fraction of sp³-hybridized carbons (Fsp3) is 0.571. The molecule has 2 N–H and O–H groups in total. The van der Waals surface area contributed by atoms with Gasteiger partial charge in [-0.1, -0.05) is 31.9 Å². The molecule has 1 aliphatic carbocycles. The molecule has 1 unspecified atom stereocenters. The predicted octanol–water partition coefficient (Wildman–Crippen LogP) is 3.81. The van der Waals surface area contributed by atoms with E-state index < -0.39 is 0 Å². The summed E-state index contributed by atoms with van der Waals surface area (Å²) in [4.78, 5) is 8.80. The summed E-state index contributed by atoms with van der Waals surface area (Å²) >= 11 is 5.96. The van der Waals surface area contributed by atoms with Crippen LogP contribution in [0, 0.1) is 5.41 Å². The van der Waals surface area contributed by atoms with E-state index in [4.69, 9.17) is 17.3 Å². The van der Waals surface area contributed by atoms with E-state index in [0.29, 0.717) is 22.4 Å². The fourth-order valence-corrected chi connectivity index (χ4v) is 3.37. The molecule has 3 rings (SSSR count). The molecule has 1 atom stereocenters. The number of nitrogens with zero attached hydrogens (tertiary/aromatic N) is 3. The molecule has 2 aromatic heterocycles. The maximum atomic E-state index is 6.09. The molecule has 0 aliphatic heterocycles. The third kappa shape index (κ3) is 2.29. The number of pyridine rings is 1. The number of imidazole rings is 1. The molecule has 1 aliphatic rings. The van der Waals surface area contributed by atoms with E-state index in [0.717, 1.165) is 24.0 Å². The van der Waals surface area contributed by atoms with Gasteiger partial charge in [-0.25, -0.2) is 9.97 Å². The zero-order chi connectivity index (χ0) is 13.6. The second kappa shape index (κ2) is 4.37. The quantitative estimate of drug-likeness (QED) is 0.863. The van der Waals surface area contributed by atoms with E-state index in [-0.39, 0.29) is 0 Å². The number of rotatable bonds is 1. The smallest absolute Gasteiger partial charge is 0.202 e. The predicted molar refractivity (Wildman–Crippen MR) is 78.2 cm³/mol. The van der Waals surface area contributed by atoms with Crippen LogP contribution in [-0.4, -0.2) is 14.5 Å². The van der Waals surface area contributed by atoms with E-state index in [1.54, 1.807) is 6.20 Å². The molecule has 1 fully saturated rings. The minimum atomic E-state index is 0.359. The highest BCUT2D eigenvalue weighted by molar-refractivity contribution is 6.31. The Morgan fingerprint density at radius 1 is 1.47 bits per heavy atom. The zero-order valence-electron chi connectivity index (χ0n) is 11.4. The van der Waals surface area contributed by atoms with Crippen molar-refractivity contribution in [3.8, 4) is 0 Å². The number of nitrogens with two attached hydrogens (primary N) is 1. The highest BCUT2D eigenvalue weighted by atomic mass is 35.5. The van der Waals surface area contributed by atoms with Crippen LogP contribution in [0.1, 0.15) is 45.6 Å². The second-order valence-corrected chi connectivity index (χ2v) is 6.69. The minimum absolute atomic E-state index is 0.359. The van der Waals surface area contributed by atoms with Gasteiger partial charge < -0.3 is 5.73 Å². The second-order valence-electron chi connectivity index (χ2n) is 6.25. The molecule has 2 heterocycles. The normalized spacial score (nSPS) is 22.8. The molecule has 102 valence electrons. The van der Waals surface area contributed by atoms with E-state index in [1.807, 2.05) is 6.07 Å². The molecule has 0 spiro atoms. The molecule has 0 saturated heterocycles. The lowest BCUT2D eigenvalue weighted by Crippen LogP contribution is -2.25. The number of fused-ring (bicyclic) bond motifs is 1. The lowest BCUT2D eigenvalue weighted by atomic mass is 9.75. The lowest BCUT2D eigenvalue weighted by Gasteiger charge is -2.36. The first-order valence-corrected chi connectivity index (χ1v) is 7.13. The van der Waals surface area contributed by atoms with Crippen LogP contribution in [-0.2, 0) is 0 Å². The number of hydrogen-bond acceptors (Lipinski definition) is 3. The number of anilines is 1. The van der Waals surface area contributed by atoms with Gasteiger partial charge in [-0.05, 0) is 30.7 Å². The molecule has 5 heteroatoms. The largest absolute Gasteiger partial charge is 0.369 e. The van der Waals surface area contributed by atoms with E-state index in [2.05, 4.69) is 28.4 Å². The van der Waals surface area contributed by atoms with Crippen LogP contribution in [0.25, 0.3) is 11.2 Å². The van der Waals surface area contributed by atoms with Crippen molar-refractivity contribution in [2.45, 2.75) is 45.6 Å². The summed E-state index contributed by atoms with van der Waals surface area (Å²) in [6.45, 7) is 4.64. The lowest BCUT2D eigenvalue weighted by molar-refractivity contribution is 0.186. The molecule has 0 aromatic carbocycles. The van der Waals surface area contributed by atoms with E-state index in [9.17, 15) is 0 Å². The first-order chi connectivity index (χ1) is 8.96. The Morgan fingerprint density at radius 3 is 3.00 bits per heavy atom. The van der Waals surface area contributed by atoms with Gasteiger partial charge in [-0.3, -0.25) is 4.57 Å². The average molecular weight is 279 g/mol. The summed E-state index contributed by atoms with van der Waals surface area (Å²) in [5.74, 6) is 0.549. The van der Waals surface area contributed by atoms with Crippen LogP contribution in [0.2, 0.25) is 5.02 Å². The summed E-state index contributed by atoms with van der Waals surface area (Å²) in [6, 6.07) is 2.22. The number of nitrogen functional groups attached to an aromatic ring is 1. The van der Waals surface area contributed by atoms with Crippen molar-refractivity contribution in [3.63, 3.8) is 0 Å². The summed E-state index contributed by atoms with van der Waals surface area (Å²) < 4.78 is 2.09. The Hall–Kier alpha value is -1.29. The van der Waals surface area contributed by atoms with Gasteiger partial charge in [-0.2, -0.15) is 0 Å². The van der Waals surface area contributed by atoms with Gasteiger partial charge in [0.25, 0.3) is 0 Å². The Bertz CT molecular complexity index is 617. The van der Waals surface area contributed by atoms with Gasteiger partial charge in [0.05, 0.1) is 5.02 Å². The van der Waals surface area contributed by atoms with Crippen LogP contribution in [0.4, 0.5) is 5.95 Å². The van der Waals surface area contributed by atoms with Crippen molar-refractivity contribution in [2.24, 2.45) is 5.41 Å². The van der Waals surface area contributed by atoms with Gasteiger partial charge >= 0.3 is 0 Å². The molecule has 4 nitrogen and oxygen atoms in total. The molecular weight excluding hydrogens is 260 g/mol. The van der Waals surface area contributed by atoms with Crippen molar-refractivity contribution < 1.29 is 0 Å². The topological polar surface area (TPSA) is 56.7 Å². The Kier molecular flexibility index (Phi) is 2.93. The van der Waals surface area contributed by atoms with Crippen molar-refractivity contribution in [1.82, 2.24) is 14.5 Å². The third-order valence-electron chi connectivity index (χ3n) is 4.07. The molecular formula is C14H19ClN4. The van der Waals surface area contributed by atoms with Crippen molar-refractivity contribution >= 4 is 28.7 Å². The monoisotopic (exact) mass is 278 g/mol. The highest BCUT2D eigenvalue weighted by Crippen LogP contribution is 2.42. The molecule has 0 amide bonds. The van der Waals surface area contributed by atoms with E-state index in [1.165, 1.54) is 12.8 Å². The first kappa shape index (κ1) is 12.7. The maximum absolute atomic E-state index is 6.09. The van der Waals surface area contributed by atoms with Gasteiger partial charge in [0, 0.05) is 12.2 Å². The van der Waals surface area contributed by atoms with Crippen LogP contribution in [0.3, 0.4) is 0 Å². The highest BCUT2D eigenvalue weighted by Gasteiger charge is 2.31. The number of aromatic nitrogens is 3. The van der Waals surface area contributed by atoms with Crippen LogP contribution >= 0.6 is 11.6 Å². The fourth-order valence-electron chi connectivity index (χ4n) is 3.21. The molecule has 19 heavy (non-hydrogen) atoms. The summed E-state index contributed by atoms with van der Waals surface area (Å²) in [5, 5.41) is 0.598. The van der Waals surface area contributed by atoms with Crippen molar-refractivity contribution in [1.29, 1.82) is 0 Å². The van der Waals surface area contributed by atoms with Gasteiger partial charge in [0.15, 0.2) is 5.65 Å². The summed E-state index contributed by atoms with van der Waals surface area (Å²) in [6.07, 6.45) is 6.42. The SMILES string of the molecule is CC1(C)CCCC(n2c(N)nc3cc(Cl)cnc32)C1. The summed E-state index contributed by atoms with van der Waals surface area (Å²) in [7, 11) is 0. The Labute approximate surface area is 118 Å². The molecule has 2 aromatic rings. The zero-order valence-corrected chi connectivity index (χ0v) is 12.1. The Morgan fingerprint density at radius 2 is 2.26 bits per heavy atom. The number of halogens is 1. The maximum Gasteiger partial charge on any atom is 0.202 e. The standard InChI is InChI=1S/C14H19ClN4/c1-14(2)5-3-4-10(7-14)19-12-11(18-13(19)16)6-9(15)8-17-12/h6,8,10H,3-5,7H2,1-2H3,(H2,16,18). The van der Waals surface area contributed by atoms with Gasteiger partial charge in [0.2, 0.25) is 5.95 Å². The van der Waals surface area contributed by atoms with Crippen LogP contribution in [0.5, 0.6) is 0 Å². The number of hydrogen-bond donors (Lipinski definition) is 1. The van der Waals surface area contributed by atoms with Crippen molar-refractivity contribution in [2.75, 3.05) is 5.73 Å². The molecule has 1 saturated carbocycles. The average Bonchev–Trinajstić information content (AvgIpc) is 2.62. The molecule has 0 radical (unpaired) electrons. The minimum Gasteiger partial charge on any atom is -0.369 e. The summed E-state index contributed by atoms with van der Waals surface area (Å²) in [5.41, 5.74) is 8.09. The Balaban J connectivity index is 2.07. The van der Waals surface area contributed by atoms with Gasteiger partial charge in [-0.15, -0.1) is 0 Å². The molecule has 0 bridgehead atoms. The van der Waals surface area contributed by atoms with E-state index >= 15 is 0 Å². The van der Waals surface area contributed by atoms with Crippen LogP contribution in [0.15, 0.2) is 12.3 Å². The van der Waals surface area contributed by atoms with Gasteiger partial charge in [0.1, 0.15) is 5.52 Å². The first-order valence-electron chi connectivity index (χ1n) is 6.75. The van der Waals surface area contributed by atoms with Crippen molar-refractivity contribution in [3.05, 3.63) is 17.3 Å². The third-order valence-corrected chi connectivity index (χ3v) is 4.27.